The molecule has 5 nitrogen and oxygen atoms in total. The van der Waals surface area contributed by atoms with Crippen molar-refractivity contribution in [3.8, 4) is 11.5 Å². The van der Waals surface area contributed by atoms with E-state index in [0.717, 1.165) is 59.3 Å². The van der Waals surface area contributed by atoms with Gasteiger partial charge in [0.2, 0.25) is 0 Å². The number of nitrogens with one attached hydrogen (secondary N) is 1. The van der Waals surface area contributed by atoms with E-state index in [-0.39, 0.29) is 6.04 Å². The van der Waals surface area contributed by atoms with Crippen LogP contribution in [-0.2, 0) is 0 Å². The maximum Gasteiger partial charge on any atom is 0.183 e. The standard InChI is InChI=1S/C24H28ClN3O2/c1-16(2)27-13-11-24(12-14-27)28-21(18-8-6-10-22(29-3)23(18)30-24)15-20(26-28)17-7-4-5-9-19(17)25/h4-10,15-16,21,26H,11-14H2,1-3H3/t21-/m0/s1. The van der Waals surface area contributed by atoms with E-state index < -0.39 is 5.72 Å². The van der Waals surface area contributed by atoms with Crippen LogP contribution in [0.3, 0.4) is 0 Å². The van der Waals surface area contributed by atoms with Crippen LogP contribution in [0.5, 0.6) is 11.5 Å². The summed E-state index contributed by atoms with van der Waals surface area (Å²) in [5, 5.41) is 3.04. The molecule has 2 aromatic carbocycles. The maximum atomic E-state index is 6.78. The van der Waals surface area contributed by atoms with Crippen molar-refractivity contribution < 1.29 is 9.47 Å². The molecule has 158 valence electrons. The van der Waals surface area contributed by atoms with Crippen LogP contribution >= 0.6 is 11.6 Å². The molecule has 0 aliphatic carbocycles. The number of methoxy groups -OCH3 is 1. The Balaban J connectivity index is 1.58. The van der Waals surface area contributed by atoms with Gasteiger partial charge in [0.25, 0.3) is 0 Å². The number of likely N-dealkylation sites (tertiary alicyclic amines) is 1. The fourth-order valence-electron chi connectivity index (χ4n) is 4.89. The molecule has 0 unspecified atom stereocenters. The molecular formula is C24H28ClN3O2. The van der Waals surface area contributed by atoms with E-state index in [1.54, 1.807) is 7.11 Å². The Hall–Kier alpha value is -2.21. The number of halogens is 1. The number of fused-ring (bicyclic) bond motifs is 4. The minimum atomic E-state index is -0.433. The molecule has 3 aliphatic rings. The molecule has 0 amide bonds. The van der Waals surface area contributed by atoms with Crippen LogP contribution in [0, 0.1) is 0 Å². The van der Waals surface area contributed by atoms with Crippen LogP contribution in [0.25, 0.3) is 5.70 Å². The van der Waals surface area contributed by atoms with E-state index in [0.29, 0.717) is 6.04 Å². The Labute approximate surface area is 183 Å². The fourth-order valence-corrected chi connectivity index (χ4v) is 5.13. The molecule has 5 rings (SSSR count). The van der Waals surface area contributed by atoms with Gasteiger partial charge < -0.3 is 19.8 Å². The first kappa shape index (κ1) is 19.7. The van der Waals surface area contributed by atoms with Gasteiger partial charge in [-0.15, -0.1) is 0 Å². The summed E-state index contributed by atoms with van der Waals surface area (Å²) in [5.41, 5.74) is 6.37. The van der Waals surface area contributed by atoms with Gasteiger partial charge in [-0.1, -0.05) is 41.9 Å². The number of hydrogen-bond donors (Lipinski definition) is 1. The van der Waals surface area contributed by atoms with Crippen molar-refractivity contribution in [2.75, 3.05) is 20.2 Å². The Morgan fingerprint density at radius 2 is 1.90 bits per heavy atom. The van der Waals surface area contributed by atoms with Crippen LogP contribution in [0.15, 0.2) is 48.5 Å². The average molecular weight is 426 g/mol. The molecule has 3 aliphatic heterocycles. The van der Waals surface area contributed by atoms with Crippen LogP contribution in [-0.4, -0.2) is 41.9 Å². The predicted molar refractivity (Wildman–Crippen MR) is 119 cm³/mol. The average Bonchev–Trinajstić information content (AvgIpc) is 3.21. The molecule has 1 spiro atoms. The summed E-state index contributed by atoms with van der Waals surface area (Å²) in [7, 11) is 1.71. The van der Waals surface area contributed by atoms with Gasteiger partial charge in [-0.05, 0) is 32.1 Å². The van der Waals surface area contributed by atoms with Crippen LogP contribution < -0.4 is 14.9 Å². The van der Waals surface area contributed by atoms with Gasteiger partial charge in [0.15, 0.2) is 17.2 Å². The van der Waals surface area contributed by atoms with Crippen LogP contribution in [0.4, 0.5) is 0 Å². The number of rotatable bonds is 3. The third kappa shape index (κ3) is 3.08. The molecule has 0 radical (unpaired) electrons. The second-order valence-electron chi connectivity index (χ2n) is 8.54. The number of nitrogens with zero attached hydrogens (tertiary/aromatic N) is 2. The second-order valence-corrected chi connectivity index (χ2v) is 8.95. The molecule has 2 aromatic rings. The molecule has 0 bridgehead atoms. The SMILES string of the molecule is COc1cccc2c1OC1(CCN(C(C)C)CC1)N1NC(c3ccccc3Cl)=C[C@@H]21. The lowest BCUT2D eigenvalue weighted by Gasteiger charge is -2.52. The van der Waals surface area contributed by atoms with E-state index in [1.165, 1.54) is 0 Å². The summed E-state index contributed by atoms with van der Waals surface area (Å²) < 4.78 is 12.5. The van der Waals surface area contributed by atoms with Gasteiger partial charge in [0.1, 0.15) is 0 Å². The first-order valence-electron chi connectivity index (χ1n) is 10.6. The normalized spacial score (nSPS) is 22.8. The molecule has 6 heteroatoms. The quantitative estimate of drug-likeness (QED) is 0.761. The molecule has 0 saturated carbocycles. The van der Waals surface area contributed by atoms with Crippen LogP contribution in [0.1, 0.15) is 43.9 Å². The van der Waals surface area contributed by atoms with Crippen molar-refractivity contribution in [3.05, 3.63) is 64.7 Å². The highest BCUT2D eigenvalue weighted by molar-refractivity contribution is 6.32. The second kappa shape index (κ2) is 7.49. The smallest absolute Gasteiger partial charge is 0.183 e. The van der Waals surface area contributed by atoms with E-state index in [1.807, 2.05) is 30.3 Å². The van der Waals surface area contributed by atoms with Gasteiger partial charge in [0, 0.05) is 48.1 Å². The third-order valence-electron chi connectivity index (χ3n) is 6.60. The highest BCUT2D eigenvalue weighted by atomic mass is 35.5. The Bertz CT molecular complexity index is 982. The lowest BCUT2D eigenvalue weighted by Crippen LogP contribution is -2.64. The number of benzene rings is 2. The molecule has 3 heterocycles. The zero-order chi connectivity index (χ0) is 20.9. The van der Waals surface area contributed by atoms with Crippen molar-refractivity contribution in [2.24, 2.45) is 0 Å². The lowest BCUT2D eigenvalue weighted by atomic mass is 9.92. The predicted octanol–water partition coefficient (Wildman–Crippen LogP) is 4.84. The first-order valence-corrected chi connectivity index (χ1v) is 11.0. The van der Waals surface area contributed by atoms with Crippen molar-refractivity contribution in [2.45, 2.75) is 44.5 Å². The fraction of sp³-hybridized carbons (Fsp3) is 0.417. The van der Waals surface area contributed by atoms with Gasteiger partial charge >= 0.3 is 0 Å². The third-order valence-corrected chi connectivity index (χ3v) is 6.93. The lowest BCUT2D eigenvalue weighted by molar-refractivity contribution is -0.162. The number of ether oxygens (including phenoxy) is 2. The molecule has 1 atom stereocenters. The van der Waals surface area contributed by atoms with E-state index in [9.17, 15) is 0 Å². The zero-order valence-corrected chi connectivity index (χ0v) is 18.4. The Morgan fingerprint density at radius 1 is 1.13 bits per heavy atom. The first-order chi connectivity index (χ1) is 14.5. The topological polar surface area (TPSA) is 37.0 Å². The Morgan fingerprint density at radius 3 is 2.60 bits per heavy atom. The zero-order valence-electron chi connectivity index (χ0n) is 17.7. The summed E-state index contributed by atoms with van der Waals surface area (Å²) in [6.07, 6.45) is 4.09. The summed E-state index contributed by atoms with van der Waals surface area (Å²) in [4.78, 5) is 2.51. The molecular weight excluding hydrogens is 398 g/mol. The number of hydrazine groups is 1. The van der Waals surface area contributed by atoms with Gasteiger partial charge in [-0.2, -0.15) is 5.01 Å². The molecule has 30 heavy (non-hydrogen) atoms. The number of hydrogen-bond acceptors (Lipinski definition) is 5. The number of para-hydroxylation sites is 1. The highest BCUT2D eigenvalue weighted by Gasteiger charge is 2.52. The van der Waals surface area contributed by atoms with Gasteiger partial charge in [-0.25, -0.2) is 0 Å². The summed E-state index contributed by atoms with van der Waals surface area (Å²) in [6.45, 7) is 6.50. The Kier molecular flexibility index (Phi) is 4.92. The van der Waals surface area contributed by atoms with Gasteiger partial charge in [-0.3, -0.25) is 0 Å². The maximum absolute atomic E-state index is 6.78. The van der Waals surface area contributed by atoms with Crippen molar-refractivity contribution in [1.29, 1.82) is 0 Å². The van der Waals surface area contributed by atoms with Gasteiger partial charge in [0.05, 0.1) is 18.8 Å². The molecule has 0 aromatic heterocycles. The minimum absolute atomic E-state index is 0.0562. The van der Waals surface area contributed by atoms with Crippen molar-refractivity contribution >= 4 is 17.3 Å². The van der Waals surface area contributed by atoms with E-state index in [4.69, 9.17) is 21.1 Å². The summed E-state index contributed by atoms with van der Waals surface area (Å²) >= 11 is 6.52. The summed E-state index contributed by atoms with van der Waals surface area (Å²) in [6, 6.07) is 14.7. The molecule has 1 fully saturated rings. The van der Waals surface area contributed by atoms with Crippen molar-refractivity contribution in [3.63, 3.8) is 0 Å². The summed E-state index contributed by atoms with van der Waals surface area (Å²) in [5.74, 6) is 1.65. The van der Waals surface area contributed by atoms with Crippen LogP contribution in [0.2, 0.25) is 5.02 Å². The molecule has 1 saturated heterocycles. The molecule has 1 N–H and O–H groups in total. The van der Waals surface area contributed by atoms with E-state index in [2.05, 4.69) is 47.4 Å². The monoisotopic (exact) mass is 425 g/mol. The highest BCUT2D eigenvalue weighted by Crippen LogP contribution is 2.51. The minimum Gasteiger partial charge on any atom is -0.493 e. The largest absolute Gasteiger partial charge is 0.493 e. The van der Waals surface area contributed by atoms with Crippen molar-refractivity contribution in [1.82, 2.24) is 15.3 Å². The van der Waals surface area contributed by atoms with E-state index >= 15 is 0 Å². The number of piperidine rings is 1.